The Hall–Kier alpha value is -1.36. The van der Waals surface area contributed by atoms with Gasteiger partial charge in [0, 0.05) is 47.5 Å². The van der Waals surface area contributed by atoms with Crippen LogP contribution in [-0.2, 0) is 13.1 Å². The summed E-state index contributed by atoms with van der Waals surface area (Å²) in [6.07, 6.45) is 2.42. The fourth-order valence-electron chi connectivity index (χ4n) is 3.93. The van der Waals surface area contributed by atoms with Crippen LogP contribution in [0.5, 0.6) is 0 Å². The number of hydrogen-bond acceptors (Lipinski definition) is 3. The number of benzene rings is 1. The van der Waals surface area contributed by atoms with E-state index < -0.39 is 0 Å². The Kier molecular flexibility index (Phi) is 6.29. The molecule has 0 atom stereocenters. The maximum atomic E-state index is 6.32. The van der Waals surface area contributed by atoms with Crippen LogP contribution in [0, 0.1) is 13.8 Å². The van der Waals surface area contributed by atoms with Crippen LogP contribution in [0.15, 0.2) is 24.3 Å². The summed E-state index contributed by atoms with van der Waals surface area (Å²) in [6, 6.07) is 8.59. The zero-order valence-electron chi connectivity index (χ0n) is 17.3. The number of piperidine rings is 1. The monoisotopic (exact) mass is 388 g/mol. The van der Waals surface area contributed by atoms with Crippen LogP contribution in [0.4, 0.5) is 0 Å². The van der Waals surface area contributed by atoms with E-state index in [1.54, 1.807) is 0 Å². The summed E-state index contributed by atoms with van der Waals surface area (Å²) < 4.78 is 2.08. The van der Waals surface area contributed by atoms with Gasteiger partial charge in [-0.3, -0.25) is 9.58 Å². The fourth-order valence-corrected chi connectivity index (χ4v) is 4.13. The Balaban J connectivity index is 1.60. The van der Waals surface area contributed by atoms with Gasteiger partial charge in [-0.1, -0.05) is 29.8 Å². The maximum absolute atomic E-state index is 6.32. The fraction of sp³-hybridized carbons (Fsp3) is 0.591. The number of aromatic nitrogens is 2. The third-order valence-corrected chi connectivity index (χ3v) is 6.19. The van der Waals surface area contributed by atoms with Crippen LogP contribution in [0.3, 0.4) is 0 Å². The summed E-state index contributed by atoms with van der Waals surface area (Å²) in [5.41, 5.74) is 5.04. The molecular weight excluding hydrogens is 356 g/mol. The van der Waals surface area contributed by atoms with Crippen molar-refractivity contribution in [2.45, 2.75) is 72.1 Å². The Morgan fingerprint density at radius 1 is 1.15 bits per heavy atom. The van der Waals surface area contributed by atoms with Crippen LogP contribution >= 0.6 is 11.6 Å². The first-order valence-corrected chi connectivity index (χ1v) is 10.4. The highest BCUT2D eigenvalue weighted by molar-refractivity contribution is 6.31. The molecule has 0 bridgehead atoms. The molecule has 148 valence electrons. The van der Waals surface area contributed by atoms with Crippen molar-refractivity contribution in [3.63, 3.8) is 0 Å². The topological polar surface area (TPSA) is 33.1 Å². The van der Waals surface area contributed by atoms with Gasteiger partial charge in [-0.05, 0) is 59.1 Å². The number of aryl methyl sites for hydroxylation is 1. The molecule has 0 unspecified atom stereocenters. The van der Waals surface area contributed by atoms with Gasteiger partial charge in [0.15, 0.2) is 0 Å². The van der Waals surface area contributed by atoms with Crippen LogP contribution in [0.25, 0.3) is 0 Å². The van der Waals surface area contributed by atoms with E-state index in [4.69, 9.17) is 16.7 Å². The van der Waals surface area contributed by atoms with Crippen molar-refractivity contribution < 1.29 is 0 Å². The molecule has 2 heterocycles. The molecule has 0 amide bonds. The van der Waals surface area contributed by atoms with Crippen molar-refractivity contribution in [3.05, 3.63) is 51.8 Å². The molecule has 1 saturated heterocycles. The molecule has 0 spiro atoms. The average Bonchev–Trinajstić information content (AvgIpc) is 2.88. The van der Waals surface area contributed by atoms with Crippen molar-refractivity contribution in [1.82, 2.24) is 20.0 Å². The van der Waals surface area contributed by atoms with Crippen LogP contribution < -0.4 is 5.32 Å². The Labute approximate surface area is 168 Å². The largest absolute Gasteiger partial charge is 0.310 e. The van der Waals surface area contributed by atoms with E-state index in [2.05, 4.69) is 55.6 Å². The Bertz CT molecular complexity index is 767. The third-order valence-electron chi connectivity index (χ3n) is 5.82. The summed E-state index contributed by atoms with van der Waals surface area (Å²) in [5, 5.41) is 9.34. The standard InChI is InChI=1S/C22H33ClN4/c1-16-20(14-24-19-10-12-26(13-11-19)22(3,4)5)17(2)27(25-16)15-18-8-6-7-9-21(18)23/h6-9,19,24H,10-15H2,1-5H3. The second kappa shape index (κ2) is 8.34. The first kappa shape index (κ1) is 20.4. The second-order valence-corrected chi connectivity index (χ2v) is 9.12. The molecule has 27 heavy (non-hydrogen) atoms. The van der Waals surface area contributed by atoms with E-state index in [1.165, 1.54) is 37.2 Å². The van der Waals surface area contributed by atoms with Gasteiger partial charge >= 0.3 is 0 Å². The van der Waals surface area contributed by atoms with Crippen LogP contribution in [0.2, 0.25) is 5.02 Å². The van der Waals surface area contributed by atoms with Crippen molar-refractivity contribution in [1.29, 1.82) is 0 Å². The van der Waals surface area contributed by atoms with Gasteiger partial charge in [0.2, 0.25) is 0 Å². The van der Waals surface area contributed by atoms with E-state index in [1.807, 2.05) is 18.2 Å². The highest BCUT2D eigenvalue weighted by Gasteiger charge is 2.27. The number of nitrogens with one attached hydrogen (secondary N) is 1. The first-order chi connectivity index (χ1) is 12.8. The van der Waals surface area contributed by atoms with Gasteiger partial charge in [0.25, 0.3) is 0 Å². The van der Waals surface area contributed by atoms with E-state index in [0.29, 0.717) is 6.04 Å². The molecule has 0 aliphatic carbocycles. The van der Waals surface area contributed by atoms with Crippen LogP contribution in [-0.4, -0.2) is 39.4 Å². The van der Waals surface area contributed by atoms with Gasteiger partial charge in [-0.15, -0.1) is 0 Å². The Morgan fingerprint density at radius 2 is 1.81 bits per heavy atom. The molecule has 1 aliphatic rings. The second-order valence-electron chi connectivity index (χ2n) is 8.71. The van der Waals surface area contributed by atoms with Crippen molar-refractivity contribution in [2.24, 2.45) is 0 Å². The van der Waals surface area contributed by atoms with E-state index in [9.17, 15) is 0 Å². The zero-order chi connectivity index (χ0) is 19.6. The number of hydrogen-bond donors (Lipinski definition) is 1. The molecule has 4 nitrogen and oxygen atoms in total. The lowest BCUT2D eigenvalue weighted by molar-refractivity contribution is 0.0960. The number of rotatable bonds is 5. The zero-order valence-corrected chi connectivity index (χ0v) is 18.1. The van der Waals surface area contributed by atoms with E-state index >= 15 is 0 Å². The smallest absolute Gasteiger partial charge is 0.0677 e. The van der Waals surface area contributed by atoms with Crippen LogP contribution in [0.1, 0.15) is 56.1 Å². The summed E-state index contributed by atoms with van der Waals surface area (Å²) in [5.74, 6) is 0. The minimum atomic E-state index is 0.276. The minimum Gasteiger partial charge on any atom is -0.310 e. The summed E-state index contributed by atoms with van der Waals surface area (Å²) in [7, 11) is 0. The number of halogens is 1. The number of nitrogens with zero attached hydrogens (tertiary/aromatic N) is 3. The maximum Gasteiger partial charge on any atom is 0.0677 e. The minimum absolute atomic E-state index is 0.276. The predicted octanol–water partition coefficient (Wildman–Crippen LogP) is 4.55. The summed E-state index contributed by atoms with van der Waals surface area (Å²) in [4.78, 5) is 2.59. The molecule has 1 N–H and O–H groups in total. The first-order valence-electron chi connectivity index (χ1n) is 10.0. The van der Waals surface area contributed by atoms with Crippen molar-refractivity contribution >= 4 is 11.6 Å². The normalized spacial score (nSPS) is 16.8. The average molecular weight is 389 g/mol. The molecule has 5 heteroatoms. The quantitative estimate of drug-likeness (QED) is 0.815. The molecule has 0 radical (unpaired) electrons. The highest BCUT2D eigenvalue weighted by atomic mass is 35.5. The molecule has 1 aromatic heterocycles. The lowest BCUT2D eigenvalue weighted by atomic mass is 9.98. The molecule has 3 rings (SSSR count). The Morgan fingerprint density at radius 3 is 2.44 bits per heavy atom. The summed E-state index contributed by atoms with van der Waals surface area (Å²) >= 11 is 6.32. The van der Waals surface area contributed by atoms with Gasteiger partial charge in [0.05, 0.1) is 12.2 Å². The lowest BCUT2D eigenvalue weighted by Crippen LogP contribution is -2.49. The van der Waals surface area contributed by atoms with Gasteiger partial charge in [0.1, 0.15) is 0 Å². The molecule has 0 saturated carbocycles. The molecule has 1 aliphatic heterocycles. The molecular formula is C22H33ClN4. The molecule has 1 aromatic carbocycles. The SMILES string of the molecule is Cc1nn(Cc2ccccc2Cl)c(C)c1CNC1CCN(C(C)(C)C)CC1. The third kappa shape index (κ3) is 4.92. The van der Waals surface area contributed by atoms with E-state index in [0.717, 1.165) is 29.4 Å². The van der Waals surface area contributed by atoms with Crippen molar-refractivity contribution in [3.8, 4) is 0 Å². The van der Waals surface area contributed by atoms with Crippen molar-refractivity contribution in [2.75, 3.05) is 13.1 Å². The lowest BCUT2D eigenvalue weighted by Gasteiger charge is -2.41. The van der Waals surface area contributed by atoms with Gasteiger partial charge < -0.3 is 5.32 Å². The van der Waals surface area contributed by atoms with Gasteiger partial charge in [-0.25, -0.2) is 0 Å². The molecule has 1 fully saturated rings. The highest BCUT2D eigenvalue weighted by Crippen LogP contribution is 2.22. The predicted molar refractivity (Wildman–Crippen MR) is 113 cm³/mol. The molecule has 2 aromatic rings. The summed E-state index contributed by atoms with van der Waals surface area (Å²) in [6.45, 7) is 15.1. The number of likely N-dealkylation sites (tertiary alicyclic amines) is 1. The van der Waals surface area contributed by atoms with Gasteiger partial charge in [-0.2, -0.15) is 5.10 Å². The van der Waals surface area contributed by atoms with E-state index in [-0.39, 0.29) is 5.54 Å².